The van der Waals surface area contributed by atoms with Crippen molar-refractivity contribution in [1.82, 2.24) is 9.78 Å². The molecule has 9 nitrogen and oxygen atoms in total. The molecule has 0 fully saturated rings. The van der Waals surface area contributed by atoms with Gasteiger partial charge in [0.25, 0.3) is 5.56 Å². The van der Waals surface area contributed by atoms with Gasteiger partial charge in [-0.15, -0.1) is 0 Å². The van der Waals surface area contributed by atoms with Gasteiger partial charge in [-0.05, 0) is 42.8 Å². The Bertz CT molecular complexity index is 1250. The zero-order chi connectivity index (χ0) is 20.7. The molecule has 2 heterocycles. The highest BCUT2D eigenvalue weighted by atomic mass is 35.5. The third-order valence-corrected chi connectivity index (χ3v) is 4.92. The van der Waals surface area contributed by atoms with Crippen molar-refractivity contribution in [3.63, 3.8) is 0 Å². The molecule has 0 aliphatic heterocycles. The molecule has 0 radical (unpaired) electrons. The molecular formula is C19H11ClN4O5. The van der Waals surface area contributed by atoms with Crippen LogP contribution in [0.3, 0.4) is 0 Å². The molecule has 1 atom stereocenters. The van der Waals surface area contributed by atoms with Gasteiger partial charge in [0.05, 0.1) is 16.9 Å². The largest absolute Gasteiger partial charge is 0.501 e. The summed E-state index contributed by atoms with van der Waals surface area (Å²) in [5.74, 6) is -1.44. The number of benzene rings is 1. The molecule has 0 amide bonds. The van der Waals surface area contributed by atoms with Gasteiger partial charge in [-0.3, -0.25) is 14.9 Å². The number of nitriles is 1. The summed E-state index contributed by atoms with van der Waals surface area (Å²) in [5, 5.41) is 36.5. The zero-order valence-corrected chi connectivity index (χ0v) is 15.3. The van der Waals surface area contributed by atoms with E-state index in [1.54, 1.807) is 6.07 Å². The highest BCUT2D eigenvalue weighted by Gasteiger charge is 2.41. The predicted molar refractivity (Wildman–Crippen MR) is 101 cm³/mol. The number of furan rings is 1. The summed E-state index contributed by atoms with van der Waals surface area (Å²) in [7, 11) is 0. The molecule has 144 valence electrons. The lowest BCUT2D eigenvalue weighted by molar-refractivity contribution is -0.431. The van der Waals surface area contributed by atoms with Crippen molar-refractivity contribution >= 4 is 17.4 Å². The second-order valence-electron chi connectivity index (χ2n) is 6.27. The number of aliphatic hydroxyl groups excluding tert-OH is 1. The highest BCUT2D eigenvalue weighted by molar-refractivity contribution is 6.30. The molecule has 1 aromatic carbocycles. The molecule has 4 rings (SSSR count). The molecule has 1 aliphatic carbocycles. The van der Waals surface area contributed by atoms with E-state index in [0.717, 1.165) is 4.68 Å². The molecule has 1 N–H and O–H groups in total. The zero-order valence-electron chi connectivity index (χ0n) is 14.6. The van der Waals surface area contributed by atoms with Crippen molar-refractivity contribution in [2.45, 2.75) is 12.3 Å². The number of nitro groups is 1. The van der Waals surface area contributed by atoms with Gasteiger partial charge in [-0.1, -0.05) is 11.6 Å². The van der Waals surface area contributed by atoms with E-state index in [-0.39, 0.29) is 29.0 Å². The van der Waals surface area contributed by atoms with Crippen molar-refractivity contribution in [3.05, 3.63) is 96.4 Å². The molecule has 0 bridgehead atoms. The van der Waals surface area contributed by atoms with Gasteiger partial charge in [-0.2, -0.15) is 15.0 Å². The van der Waals surface area contributed by atoms with Gasteiger partial charge >= 0.3 is 5.70 Å². The van der Waals surface area contributed by atoms with Gasteiger partial charge in [0.1, 0.15) is 29.0 Å². The van der Waals surface area contributed by atoms with Crippen LogP contribution in [0.4, 0.5) is 0 Å². The predicted octanol–water partition coefficient (Wildman–Crippen LogP) is 3.19. The molecule has 2 aromatic heterocycles. The third kappa shape index (κ3) is 2.96. The average molecular weight is 411 g/mol. The topological polar surface area (TPSA) is 135 Å². The Morgan fingerprint density at radius 1 is 1.34 bits per heavy atom. The fraction of sp³-hybridized carbons (Fsp3) is 0.105. The molecule has 10 heteroatoms. The van der Waals surface area contributed by atoms with Crippen LogP contribution in [0.1, 0.15) is 28.5 Å². The van der Waals surface area contributed by atoms with Crippen LogP contribution in [0.5, 0.6) is 0 Å². The Morgan fingerprint density at radius 2 is 2.07 bits per heavy atom. The Hall–Kier alpha value is -3.90. The van der Waals surface area contributed by atoms with E-state index in [1.165, 1.54) is 36.6 Å². The SMILES string of the molecule is N#Cc1c2c(nn(-c3ccc(Cl)cc3)c1=O)C(O)=C([N+](=O)[O-])C(c1ccco1)C2. The van der Waals surface area contributed by atoms with Crippen LogP contribution >= 0.6 is 11.6 Å². The van der Waals surface area contributed by atoms with Crippen LogP contribution in [0.15, 0.2) is 57.6 Å². The molecule has 1 unspecified atom stereocenters. The van der Waals surface area contributed by atoms with Crippen LogP contribution in [0.25, 0.3) is 11.4 Å². The normalized spacial score (nSPS) is 15.7. The number of hydrogen-bond acceptors (Lipinski definition) is 7. The van der Waals surface area contributed by atoms with Gasteiger partial charge in [0.2, 0.25) is 5.76 Å². The molecule has 29 heavy (non-hydrogen) atoms. The average Bonchev–Trinajstić information content (AvgIpc) is 3.23. The van der Waals surface area contributed by atoms with E-state index in [0.29, 0.717) is 10.7 Å². The van der Waals surface area contributed by atoms with Crippen molar-refractivity contribution in [1.29, 1.82) is 5.26 Å². The molecule has 0 saturated carbocycles. The molecule has 0 spiro atoms. The molecule has 3 aromatic rings. The Labute approximate surface area is 167 Å². The van der Waals surface area contributed by atoms with E-state index in [9.17, 15) is 25.3 Å². The molecule has 0 saturated heterocycles. The summed E-state index contributed by atoms with van der Waals surface area (Å²) in [5.41, 5.74) is -1.23. The lowest BCUT2D eigenvalue weighted by atomic mass is 9.85. The number of aliphatic hydroxyl groups is 1. The van der Waals surface area contributed by atoms with Crippen molar-refractivity contribution in [2.75, 3.05) is 0 Å². The van der Waals surface area contributed by atoms with Gasteiger partial charge in [-0.25, -0.2) is 0 Å². The van der Waals surface area contributed by atoms with E-state index in [4.69, 9.17) is 16.0 Å². The van der Waals surface area contributed by atoms with E-state index >= 15 is 0 Å². The fourth-order valence-electron chi connectivity index (χ4n) is 3.35. The number of hydrogen-bond donors (Lipinski definition) is 1. The number of halogens is 1. The Balaban J connectivity index is 2.00. The van der Waals surface area contributed by atoms with Crippen LogP contribution in [-0.2, 0) is 6.42 Å². The smallest absolute Gasteiger partial charge is 0.300 e. The first kappa shape index (κ1) is 18.5. The van der Waals surface area contributed by atoms with Crippen molar-refractivity contribution < 1.29 is 14.4 Å². The quantitative estimate of drug-likeness (QED) is 0.517. The van der Waals surface area contributed by atoms with E-state index < -0.39 is 27.9 Å². The lowest BCUT2D eigenvalue weighted by Crippen LogP contribution is -2.31. The Morgan fingerprint density at radius 3 is 2.66 bits per heavy atom. The minimum absolute atomic E-state index is 0.0875. The minimum atomic E-state index is -0.966. The highest BCUT2D eigenvalue weighted by Crippen LogP contribution is 2.39. The van der Waals surface area contributed by atoms with Crippen LogP contribution < -0.4 is 5.56 Å². The standard InChI is InChI=1S/C19H11ClN4O5/c20-10-3-5-11(6-4-10)23-19(26)14(9-21)12-8-13(15-2-1-7-29-15)17(24(27)28)18(25)16(12)22-23/h1-7,13,25H,8H2. The first-order chi connectivity index (χ1) is 13.9. The van der Waals surface area contributed by atoms with Crippen molar-refractivity contribution in [2.24, 2.45) is 0 Å². The van der Waals surface area contributed by atoms with Gasteiger partial charge in [0.15, 0.2) is 0 Å². The maximum Gasteiger partial charge on any atom is 0.300 e. The van der Waals surface area contributed by atoms with Gasteiger partial charge in [0, 0.05) is 10.6 Å². The number of aromatic nitrogens is 2. The first-order valence-corrected chi connectivity index (χ1v) is 8.73. The second-order valence-corrected chi connectivity index (χ2v) is 6.71. The van der Waals surface area contributed by atoms with Crippen LogP contribution in [-0.4, -0.2) is 19.8 Å². The molecular weight excluding hydrogens is 400 g/mol. The second kappa shape index (κ2) is 6.92. The first-order valence-electron chi connectivity index (χ1n) is 8.36. The lowest BCUT2D eigenvalue weighted by Gasteiger charge is -2.22. The minimum Gasteiger partial charge on any atom is -0.501 e. The number of nitrogens with zero attached hydrogens (tertiary/aromatic N) is 4. The summed E-state index contributed by atoms with van der Waals surface area (Å²) >= 11 is 5.86. The number of rotatable bonds is 3. The monoisotopic (exact) mass is 410 g/mol. The summed E-state index contributed by atoms with van der Waals surface area (Å²) in [6.45, 7) is 0. The maximum absolute atomic E-state index is 12.9. The van der Waals surface area contributed by atoms with Gasteiger partial charge < -0.3 is 9.52 Å². The van der Waals surface area contributed by atoms with Crippen LogP contribution in [0.2, 0.25) is 5.02 Å². The van der Waals surface area contributed by atoms with E-state index in [1.807, 2.05) is 6.07 Å². The summed E-state index contributed by atoms with van der Waals surface area (Å²) in [6.07, 6.45) is 1.26. The third-order valence-electron chi connectivity index (χ3n) is 4.67. The number of fused-ring (bicyclic) bond motifs is 1. The summed E-state index contributed by atoms with van der Waals surface area (Å²) < 4.78 is 6.19. The number of allylic oxidation sites excluding steroid dienone is 1. The summed E-state index contributed by atoms with van der Waals surface area (Å²) in [6, 6.07) is 11.0. The van der Waals surface area contributed by atoms with E-state index in [2.05, 4.69) is 5.10 Å². The Kier molecular flexibility index (Phi) is 4.41. The molecule has 1 aliphatic rings. The summed E-state index contributed by atoms with van der Waals surface area (Å²) in [4.78, 5) is 23.8. The fourth-order valence-corrected chi connectivity index (χ4v) is 3.47. The maximum atomic E-state index is 12.9. The van der Waals surface area contributed by atoms with Crippen molar-refractivity contribution in [3.8, 4) is 11.8 Å². The van der Waals surface area contributed by atoms with Crippen LogP contribution in [0, 0.1) is 21.4 Å².